The van der Waals surface area contributed by atoms with Crippen LogP contribution in [0.5, 0.6) is 5.75 Å². The number of hydrogen-bond acceptors (Lipinski definition) is 6. The van der Waals surface area contributed by atoms with Gasteiger partial charge in [-0.15, -0.1) is 10.2 Å². The Morgan fingerprint density at radius 1 is 1.29 bits per heavy atom. The van der Waals surface area contributed by atoms with Crippen LogP contribution in [0.3, 0.4) is 0 Å². The van der Waals surface area contributed by atoms with Gasteiger partial charge in [-0.05, 0) is 42.0 Å². The summed E-state index contributed by atoms with van der Waals surface area (Å²) in [6, 6.07) is 15.2. The van der Waals surface area contributed by atoms with Gasteiger partial charge in [0.25, 0.3) is 5.91 Å². The molecular formula is C19H18BrN5O2S. The molecule has 9 heteroatoms. The number of amides is 1. The molecule has 7 nitrogen and oxygen atoms in total. The second-order valence-electron chi connectivity index (χ2n) is 5.73. The Morgan fingerprint density at radius 3 is 2.79 bits per heavy atom. The lowest BCUT2D eigenvalue weighted by atomic mass is 10.2. The first-order valence-electron chi connectivity index (χ1n) is 8.31. The number of nitrogens with one attached hydrogen (secondary N) is 1. The fourth-order valence-corrected chi connectivity index (χ4v) is 3.45. The SMILES string of the molecule is COc1ccc(/C=N/NC(=O)CSc2nnc(-c3cccc(Br)c3)n2C)cc1. The van der Waals surface area contributed by atoms with Crippen molar-refractivity contribution in [3.8, 4) is 17.1 Å². The average molecular weight is 460 g/mol. The number of benzene rings is 2. The second-order valence-corrected chi connectivity index (χ2v) is 7.59. The van der Waals surface area contributed by atoms with E-state index >= 15 is 0 Å². The first-order chi connectivity index (χ1) is 13.6. The molecule has 1 amide bonds. The van der Waals surface area contributed by atoms with Gasteiger partial charge in [0, 0.05) is 17.1 Å². The molecule has 0 atom stereocenters. The summed E-state index contributed by atoms with van der Waals surface area (Å²) in [4.78, 5) is 12.0. The van der Waals surface area contributed by atoms with Gasteiger partial charge >= 0.3 is 0 Å². The van der Waals surface area contributed by atoms with Crippen LogP contribution in [0.15, 0.2) is 63.3 Å². The average Bonchev–Trinajstić information content (AvgIpc) is 3.07. The lowest BCUT2D eigenvalue weighted by Gasteiger charge is -2.04. The Balaban J connectivity index is 1.54. The normalized spacial score (nSPS) is 11.0. The van der Waals surface area contributed by atoms with Crippen LogP contribution >= 0.6 is 27.7 Å². The second kappa shape index (κ2) is 9.52. The number of carbonyl (C=O) groups is 1. The molecular weight excluding hydrogens is 442 g/mol. The summed E-state index contributed by atoms with van der Waals surface area (Å²) in [6.07, 6.45) is 1.58. The maximum atomic E-state index is 12.0. The maximum Gasteiger partial charge on any atom is 0.250 e. The molecule has 0 bridgehead atoms. The molecule has 28 heavy (non-hydrogen) atoms. The molecule has 0 spiro atoms. The van der Waals surface area contributed by atoms with Gasteiger partial charge in [0.2, 0.25) is 0 Å². The first-order valence-corrected chi connectivity index (χ1v) is 10.1. The van der Waals surface area contributed by atoms with E-state index in [0.717, 1.165) is 27.2 Å². The van der Waals surface area contributed by atoms with E-state index in [4.69, 9.17) is 4.74 Å². The largest absolute Gasteiger partial charge is 0.497 e. The standard InChI is InChI=1S/C19H18BrN5O2S/c1-25-18(14-4-3-5-15(20)10-14)23-24-19(25)28-12-17(26)22-21-11-13-6-8-16(27-2)9-7-13/h3-11H,12H2,1-2H3,(H,22,26)/b21-11+. The van der Waals surface area contributed by atoms with E-state index in [1.165, 1.54) is 11.8 Å². The monoisotopic (exact) mass is 459 g/mol. The lowest BCUT2D eigenvalue weighted by molar-refractivity contribution is -0.118. The summed E-state index contributed by atoms with van der Waals surface area (Å²) in [5.74, 6) is 1.47. The summed E-state index contributed by atoms with van der Waals surface area (Å²) in [6.45, 7) is 0. The predicted molar refractivity (Wildman–Crippen MR) is 114 cm³/mol. The van der Waals surface area contributed by atoms with E-state index in [1.807, 2.05) is 60.1 Å². The summed E-state index contributed by atoms with van der Waals surface area (Å²) >= 11 is 4.75. The molecule has 1 aromatic heterocycles. The molecule has 1 heterocycles. The fraction of sp³-hybridized carbons (Fsp3) is 0.158. The molecule has 3 rings (SSSR count). The molecule has 0 saturated carbocycles. The number of hydrazone groups is 1. The van der Waals surface area contributed by atoms with E-state index in [2.05, 4.69) is 36.7 Å². The Kier molecular flexibility index (Phi) is 6.83. The summed E-state index contributed by atoms with van der Waals surface area (Å²) in [7, 11) is 3.48. The number of thioether (sulfide) groups is 1. The van der Waals surface area contributed by atoms with Crippen LogP contribution in [0, 0.1) is 0 Å². The Bertz CT molecular complexity index is 988. The third-order valence-electron chi connectivity index (χ3n) is 3.77. The molecule has 1 N–H and O–H groups in total. The topological polar surface area (TPSA) is 81.4 Å². The van der Waals surface area contributed by atoms with Crippen LogP contribution < -0.4 is 10.2 Å². The molecule has 0 aliphatic heterocycles. The minimum Gasteiger partial charge on any atom is -0.497 e. The molecule has 3 aromatic rings. The molecule has 0 aliphatic rings. The third kappa shape index (κ3) is 5.20. The molecule has 144 valence electrons. The van der Waals surface area contributed by atoms with Crippen LogP contribution in [0.2, 0.25) is 0 Å². The van der Waals surface area contributed by atoms with E-state index in [1.54, 1.807) is 13.3 Å². The Hall–Kier alpha value is -2.65. The number of methoxy groups -OCH3 is 1. The highest BCUT2D eigenvalue weighted by Crippen LogP contribution is 2.24. The van der Waals surface area contributed by atoms with Crippen LogP contribution in [-0.4, -0.2) is 39.7 Å². The van der Waals surface area contributed by atoms with Crippen molar-refractivity contribution in [1.29, 1.82) is 0 Å². The number of aromatic nitrogens is 3. The van der Waals surface area contributed by atoms with Crippen molar-refractivity contribution in [1.82, 2.24) is 20.2 Å². The number of ether oxygens (including phenoxy) is 1. The van der Waals surface area contributed by atoms with Gasteiger partial charge in [-0.3, -0.25) is 4.79 Å². The van der Waals surface area contributed by atoms with Crippen molar-refractivity contribution in [2.45, 2.75) is 5.16 Å². The quantitative estimate of drug-likeness (QED) is 0.332. The van der Waals surface area contributed by atoms with Crippen molar-refractivity contribution in [3.63, 3.8) is 0 Å². The van der Waals surface area contributed by atoms with Gasteiger partial charge in [0.05, 0.1) is 19.1 Å². The van der Waals surface area contributed by atoms with Crippen molar-refractivity contribution in [2.75, 3.05) is 12.9 Å². The molecule has 2 aromatic carbocycles. The highest BCUT2D eigenvalue weighted by Gasteiger charge is 2.13. The van der Waals surface area contributed by atoms with Crippen molar-refractivity contribution < 1.29 is 9.53 Å². The van der Waals surface area contributed by atoms with E-state index in [9.17, 15) is 4.79 Å². The smallest absolute Gasteiger partial charge is 0.250 e. The molecule has 0 aliphatic carbocycles. The number of nitrogens with zero attached hydrogens (tertiary/aromatic N) is 4. The molecule has 0 radical (unpaired) electrons. The van der Waals surface area contributed by atoms with Crippen molar-refractivity contribution in [2.24, 2.45) is 12.1 Å². The zero-order valence-electron chi connectivity index (χ0n) is 15.3. The zero-order chi connectivity index (χ0) is 19.9. The fourth-order valence-electron chi connectivity index (χ4n) is 2.35. The van der Waals surface area contributed by atoms with Crippen molar-refractivity contribution >= 4 is 39.8 Å². The Morgan fingerprint density at radius 2 is 2.07 bits per heavy atom. The minimum absolute atomic E-state index is 0.185. The Labute approximate surface area is 175 Å². The van der Waals surface area contributed by atoms with Gasteiger partial charge in [0.15, 0.2) is 11.0 Å². The maximum absolute atomic E-state index is 12.0. The molecule has 0 saturated heterocycles. The minimum atomic E-state index is -0.221. The first kappa shape index (κ1) is 20.1. The van der Waals surface area contributed by atoms with Gasteiger partial charge < -0.3 is 9.30 Å². The molecule has 0 unspecified atom stereocenters. The highest BCUT2D eigenvalue weighted by atomic mass is 79.9. The van der Waals surface area contributed by atoms with Crippen LogP contribution in [0.1, 0.15) is 5.56 Å². The highest BCUT2D eigenvalue weighted by molar-refractivity contribution is 9.10. The van der Waals surface area contributed by atoms with Gasteiger partial charge in [-0.1, -0.05) is 39.8 Å². The zero-order valence-corrected chi connectivity index (χ0v) is 17.7. The summed E-state index contributed by atoms with van der Waals surface area (Å²) in [5, 5.41) is 13.0. The lowest BCUT2D eigenvalue weighted by Crippen LogP contribution is -2.19. The number of hydrogen-bond donors (Lipinski definition) is 1. The third-order valence-corrected chi connectivity index (χ3v) is 5.28. The van der Waals surface area contributed by atoms with Gasteiger partial charge in [-0.2, -0.15) is 5.10 Å². The van der Waals surface area contributed by atoms with E-state index < -0.39 is 0 Å². The van der Waals surface area contributed by atoms with Gasteiger partial charge in [-0.25, -0.2) is 5.43 Å². The van der Waals surface area contributed by atoms with Crippen LogP contribution in [-0.2, 0) is 11.8 Å². The number of rotatable bonds is 7. The van der Waals surface area contributed by atoms with E-state index in [-0.39, 0.29) is 11.7 Å². The van der Waals surface area contributed by atoms with Crippen molar-refractivity contribution in [3.05, 3.63) is 58.6 Å². The van der Waals surface area contributed by atoms with E-state index in [0.29, 0.717) is 5.16 Å². The predicted octanol–water partition coefficient (Wildman–Crippen LogP) is 3.50. The van der Waals surface area contributed by atoms with Gasteiger partial charge in [0.1, 0.15) is 5.75 Å². The number of halogens is 1. The summed E-state index contributed by atoms with van der Waals surface area (Å²) < 4.78 is 7.93. The number of carbonyl (C=O) groups excluding carboxylic acids is 1. The summed E-state index contributed by atoms with van der Waals surface area (Å²) in [5.41, 5.74) is 4.32. The van der Waals surface area contributed by atoms with Crippen LogP contribution in [0.25, 0.3) is 11.4 Å². The van der Waals surface area contributed by atoms with Crippen LogP contribution in [0.4, 0.5) is 0 Å². The molecule has 0 fully saturated rings.